The van der Waals surface area contributed by atoms with Gasteiger partial charge >= 0.3 is 0 Å². The molecule has 98 valence electrons. The molecule has 4 nitrogen and oxygen atoms in total. The summed E-state index contributed by atoms with van der Waals surface area (Å²) >= 11 is 0. The van der Waals surface area contributed by atoms with Gasteiger partial charge in [-0.15, -0.1) is 0 Å². The highest BCUT2D eigenvalue weighted by Crippen LogP contribution is 2.31. The predicted molar refractivity (Wildman–Crippen MR) is 66.5 cm³/mol. The van der Waals surface area contributed by atoms with Gasteiger partial charge in [0.25, 0.3) is 0 Å². The molecule has 0 saturated heterocycles. The lowest BCUT2D eigenvalue weighted by Gasteiger charge is -2.31. The van der Waals surface area contributed by atoms with Crippen LogP contribution in [0.4, 0.5) is 0 Å². The van der Waals surface area contributed by atoms with Crippen molar-refractivity contribution in [3.8, 4) is 0 Å². The predicted octanol–water partition coefficient (Wildman–Crippen LogP) is 1.14. The number of rotatable bonds is 5. The molecular formula is C13H24N2O2. The first-order valence-corrected chi connectivity index (χ1v) is 6.77. The fourth-order valence-electron chi connectivity index (χ4n) is 2.65. The second-order valence-electron chi connectivity index (χ2n) is 5.37. The van der Waals surface area contributed by atoms with Crippen LogP contribution in [0.3, 0.4) is 0 Å². The third-order valence-corrected chi connectivity index (χ3v) is 3.93. The molecule has 17 heavy (non-hydrogen) atoms. The van der Waals surface area contributed by atoms with E-state index in [2.05, 4.69) is 0 Å². The maximum Gasteiger partial charge on any atom is 0.226 e. The van der Waals surface area contributed by atoms with Gasteiger partial charge in [0.1, 0.15) is 0 Å². The van der Waals surface area contributed by atoms with Crippen LogP contribution in [0.5, 0.6) is 0 Å². The quantitative estimate of drug-likeness (QED) is 0.784. The van der Waals surface area contributed by atoms with Gasteiger partial charge in [0.15, 0.2) is 0 Å². The lowest BCUT2D eigenvalue weighted by Crippen LogP contribution is -2.42. The molecule has 0 aliphatic heterocycles. The minimum absolute atomic E-state index is 0.215. The van der Waals surface area contributed by atoms with Crippen LogP contribution >= 0.6 is 0 Å². The maximum atomic E-state index is 12.4. The van der Waals surface area contributed by atoms with Crippen LogP contribution in [0, 0.1) is 5.92 Å². The van der Waals surface area contributed by atoms with Crippen molar-refractivity contribution < 1.29 is 9.53 Å². The summed E-state index contributed by atoms with van der Waals surface area (Å²) < 4.78 is 5.09. The Labute approximate surface area is 103 Å². The normalized spacial score (nSPS) is 29.1. The van der Waals surface area contributed by atoms with Gasteiger partial charge in [-0.3, -0.25) is 4.79 Å². The van der Waals surface area contributed by atoms with Crippen LogP contribution in [0.15, 0.2) is 0 Å². The van der Waals surface area contributed by atoms with Crippen LogP contribution < -0.4 is 5.73 Å². The van der Waals surface area contributed by atoms with Crippen LogP contribution in [-0.2, 0) is 9.53 Å². The summed E-state index contributed by atoms with van der Waals surface area (Å²) in [6.45, 7) is 1.40. The van der Waals surface area contributed by atoms with Gasteiger partial charge in [0.2, 0.25) is 5.91 Å². The molecule has 2 aliphatic carbocycles. The molecule has 2 fully saturated rings. The molecule has 2 saturated carbocycles. The van der Waals surface area contributed by atoms with Crippen LogP contribution in [0.1, 0.15) is 38.5 Å². The summed E-state index contributed by atoms with van der Waals surface area (Å²) in [4.78, 5) is 14.5. The summed E-state index contributed by atoms with van der Waals surface area (Å²) in [5, 5.41) is 0. The van der Waals surface area contributed by atoms with E-state index in [0.717, 1.165) is 32.2 Å². The molecular weight excluding hydrogens is 216 g/mol. The van der Waals surface area contributed by atoms with Gasteiger partial charge in [-0.1, -0.05) is 0 Å². The molecule has 2 rings (SSSR count). The molecule has 0 bridgehead atoms. The van der Waals surface area contributed by atoms with Crippen molar-refractivity contribution >= 4 is 5.91 Å². The minimum atomic E-state index is 0.215. The summed E-state index contributed by atoms with van der Waals surface area (Å²) in [5.74, 6) is 0.559. The van der Waals surface area contributed by atoms with Gasteiger partial charge in [0, 0.05) is 31.7 Å². The van der Waals surface area contributed by atoms with Gasteiger partial charge in [-0.25, -0.2) is 0 Å². The smallest absolute Gasteiger partial charge is 0.226 e. The third-order valence-electron chi connectivity index (χ3n) is 3.93. The Kier molecular flexibility index (Phi) is 4.40. The average Bonchev–Trinajstić information content (AvgIpc) is 3.14. The summed E-state index contributed by atoms with van der Waals surface area (Å²) in [6, 6.07) is 0.806. The first-order chi connectivity index (χ1) is 8.22. The number of carbonyl (C=O) groups is 1. The summed E-state index contributed by atoms with van der Waals surface area (Å²) in [5.41, 5.74) is 5.88. The van der Waals surface area contributed by atoms with E-state index in [0.29, 0.717) is 24.6 Å². The third kappa shape index (κ3) is 3.42. The Hall–Kier alpha value is -0.610. The van der Waals surface area contributed by atoms with Crippen molar-refractivity contribution in [1.29, 1.82) is 0 Å². The Morgan fingerprint density at radius 1 is 1.24 bits per heavy atom. The second-order valence-corrected chi connectivity index (χ2v) is 5.37. The average molecular weight is 240 g/mol. The van der Waals surface area contributed by atoms with Crippen molar-refractivity contribution in [3.05, 3.63) is 0 Å². The van der Waals surface area contributed by atoms with Crippen molar-refractivity contribution in [2.45, 2.75) is 50.6 Å². The lowest BCUT2D eigenvalue weighted by atomic mass is 9.85. The van der Waals surface area contributed by atoms with Gasteiger partial charge < -0.3 is 15.4 Å². The van der Waals surface area contributed by atoms with Crippen LogP contribution in [0.2, 0.25) is 0 Å². The molecule has 0 aromatic carbocycles. The molecule has 0 heterocycles. The Bertz CT molecular complexity index is 258. The number of amides is 1. The lowest BCUT2D eigenvalue weighted by molar-refractivity contribution is -0.137. The number of hydrogen-bond donors (Lipinski definition) is 1. The topological polar surface area (TPSA) is 55.6 Å². The fraction of sp³-hybridized carbons (Fsp3) is 0.923. The number of ether oxygens (including phenoxy) is 1. The number of nitrogens with two attached hydrogens (primary N) is 1. The molecule has 0 unspecified atom stereocenters. The number of methoxy groups -OCH3 is 1. The Balaban J connectivity index is 1.86. The zero-order valence-electron chi connectivity index (χ0n) is 10.7. The summed E-state index contributed by atoms with van der Waals surface area (Å²) in [7, 11) is 1.69. The second kappa shape index (κ2) is 5.83. The molecule has 0 aromatic heterocycles. The van der Waals surface area contributed by atoms with Gasteiger partial charge in [0.05, 0.1) is 6.61 Å². The maximum absolute atomic E-state index is 12.4. The van der Waals surface area contributed by atoms with E-state index in [1.165, 1.54) is 12.8 Å². The fourth-order valence-corrected chi connectivity index (χ4v) is 2.65. The van der Waals surface area contributed by atoms with E-state index < -0.39 is 0 Å². The van der Waals surface area contributed by atoms with Crippen molar-refractivity contribution in [2.24, 2.45) is 11.7 Å². The molecule has 1 amide bonds. The minimum Gasteiger partial charge on any atom is -0.383 e. The van der Waals surface area contributed by atoms with Gasteiger partial charge in [-0.05, 0) is 38.5 Å². The van der Waals surface area contributed by atoms with E-state index in [1.54, 1.807) is 7.11 Å². The molecule has 4 heteroatoms. The van der Waals surface area contributed by atoms with E-state index in [9.17, 15) is 4.79 Å². The van der Waals surface area contributed by atoms with Crippen LogP contribution in [-0.4, -0.2) is 43.2 Å². The SMILES string of the molecule is COCCN(C(=O)C1CCC(N)CC1)C1CC1. The van der Waals surface area contributed by atoms with E-state index in [1.807, 2.05) is 4.90 Å². The first kappa shape index (κ1) is 12.8. The zero-order valence-corrected chi connectivity index (χ0v) is 10.7. The largest absolute Gasteiger partial charge is 0.383 e. The van der Waals surface area contributed by atoms with Crippen molar-refractivity contribution in [3.63, 3.8) is 0 Å². The highest BCUT2D eigenvalue weighted by atomic mass is 16.5. The van der Waals surface area contributed by atoms with Crippen LogP contribution in [0.25, 0.3) is 0 Å². The Morgan fingerprint density at radius 2 is 1.88 bits per heavy atom. The molecule has 0 atom stereocenters. The number of carbonyl (C=O) groups excluding carboxylic acids is 1. The number of hydrogen-bond acceptors (Lipinski definition) is 3. The van der Waals surface area contributed by atoms with E-state index in [-0.39, 0.29) is 5.92 Å². The molecule has 0 aromatic rings. The Morgan fingerprint density at radius 3 is 2.41 bits per heavy atom. The molecule has 2 N–H and O–H groups in total. The number of nitrogens with zero attached hydrogens (tertiary/aromatic N) is 1. The molecule has 0 radical (unpaired) electrons. The van der Waals surface area contributed by atoms with E-state index >= 15 is 0 Å². The summed E-state index contributed by atoms with van der Waals surface area (Å²) in [6.07, 6.45) is 6.27. The molecule has 2 aliphatic rings. The van der Waals surface area contributed by atoms with Gasteiger partial charge in [-0.2, -0.15) is 0 Å². The highest BCUT2D eigenvalue weighted by Gasteiger charge is 2.36. The standard InChI is InChI=1S/C13H24N2O2/c1-17-9-8-15(12-6-7-12)13(16)10-2-4-11(14)5-3-10/h10-12H,2-9,14H2,1H3. The zero-order chi connectivity index (χ0) is 12.3. The highest BCUT2D eigenvalue weighted by molar-refractivity contribution is 5.79. The van der Waals surface area contributed by atoms with E-state index in [4.69, 9.17) is 10.5 Å². The monoisotopic (exact) mass is 240 g/mol. The van der Waals surface area contributed by atoms with Crippen molar-refractivity contribution in [2.75, 3.05) is 20.3 Å². The van der Waals surface area contributed by atoms with Crippen molar-refractivity contribution in [1.82, 2.24) is 4.90 Å². The molecule has 0 spiro atoms. The first-order valence-electron chi connectivity index (χ1n) is 6.77.